The third-order valence-corrected chi connectivity index (χ3v) is 3.44. The Morgan fingerprint density at radius 3 is 2.12 bits per heavy atom. The summed E-state index contributed by atoms with van der Waals surface area (Å²) < 4.78 is 84.8. The predicted octanol–water partition coefficient (Wildman–Crippen LogP) is 3.14. The van der Waals surface area contributed by atoms with Gasteiger partial charge in [0.05, 0.1) is 0 Å². The second-order valence-corrected chi connectivity index (χ2v) is 5.78. The Bertz CT molecular complexity index is 525. The highest BCUT2D eigenvalue weighted by molar-refractivity contribution is 8.14. The van der Waals surface area contributed by atoms with E-state index < -0.39 is 37.7 Å². The second kappa shape index (κ2) is 4.41. The Kier molecular flexibility index (Phi) is 3.68. The van der Waals surface area contributed by atoms with Gasteiger partial charge in [-0.25, -0.2) is 17.2 Å². The topological polar surface area (TPSA) is 34.1 Å². The molecule has 1 aromatic rings. The van der Waals surface area contributed by atoms with Gasteiger partial charge in [0.25, 0.3) is 0 Å². The number of hydrogen-bond donors (Lipinski definition) is 0. The Morgan fingerprint density at radius 2 is 1.71 bits per heavy atom. The Morgan fingerprint density at radius 1 is 1.18 bits per heavy atom. The molecule has 0 saturated carbocycles. The molecule has 0 heterocycles. The number of alkyl halides is 3. The van der Waals surface area contributed by atoms with E-state index in [1.54, 1.807) is 0 Å². The SMILES string of the molecule is O=S(=O)(Cl)C(c1cc(F)ccc1F)C(F)(F)F. The van der Waals surface area contributed by atoms with E-state index in [4.69, 9.17) is 0 Å². The zero-order valence-corrected chi connectivity index (χ0v) is 9.37. The molecule has 0 bridgehead atoms. The molecule has 0 N–H and O–H groups in total. The number of hydrogen-bond acceptors (Lipinski definition) is 2. The maximum atomic E-state index is 13.1. The van der Waals surface area contributed by atoms with Crippen molar-refractivity contribution >= 4 is 19.7 Å². The molecule has 0 saturated heterocycles. The first-order chi connectivity index (χ1) is 7.53. The lowest BCUT2D eigenvalue weighted by molar-refractivity contribution is -0.131. The molecule has 0 aliphatic carbocycles. The summed E-state index contributed by atoms with van der Waals surface area (Å²) in [6.07, 6.45) is -5.34. The summed E-state index contributed by atoms with van der Waals surface area (Å²) in [5.74, 6) is -2.70. The van der Waals surface area contributed by atoms with Crippen molar-refractivity contribution in [2.24, 2.45) is 0 Å². The molecule has 1 atom stereocenters. The molecule has 1 aromatic carbocycles. The molecule has 1 rings (SSSR count). The maximum absolute atomic E-state index is 13.1. The van der Waals surface area contributed by atoms with Crippen molar-refractivity contribution in [3.05, 3.63) is 35.4 Å². The molecule has 2 nitrogen and oxygen atoms in total. The zero-order valence-electron chi connectivity index (χ0n) is 7.80. The van der Waals surface area contributed by atoms with Crippen LogP contribution >= 0.6 is 10.7 Å². The second-order valence-electron chi connectivity index (χ2n) is 3.06. The summed E-state index contributed by atoms with van der Waals surface area (Å²) in [5.41, 5.74) is -1.37. The van der Waals surface area contributed by atoms with Crippen LogP contribution in [0.1, 0.15) is 10.8 Å². The van der Waals surface area contributed by atoms with Crippen LogP contribution in [0.5, 0.6) is 0 Å². The quantitative estimate of drug-likeness (QED) is 0.620. The van der Waals surface area contributed by atoms with Crippen molar-refractivity contribution in [2.45, 2.75) is 11.4 Å². The van der Waals surface area contributed by atoms with Crippen LogP contribution < -0.4 is 0 Å². The highest BCUT2D eigenvalue weighted by atomic mass is 35.7. The van der Waals surface area contributed by atoms with Crippen molar-refractivity contribution in [3.63, 3.8) is 0 Å². The molecule has 96 valence electrons. The smallest absolute Gasteiger partial charge is 0.211 e. The lowest BCUT2D eigenvalue weighted by Gasteiger charge is -2.18. The molecule has 0 amide bonds. The number of halogens is 6. The fourth-order valence-electron chi connectivity index (χ4n) is 1.20. The summed E-state index contributed by atoms with van der Waals surface area (Å²) in [6, 6.07) is 1.10. The average molecular weight is 295 g/mol. The van der Waals surface area contributed by atoms with Gasteiger partial charge in [0.1, 0.15) is 11.6 Å². The molecule has 0 spiro atoms. The van der Waals surface area contributed by atoms with Crippen LogP contribution in [0.15, 0.2) is 18.2 Å². The highest BCUT2D eigenvalue weighted by Gasteiger charge is 2.50. The van der Waals surface area contributed by atoms with Crippen molar-refractivity contribution in [1.82, 2.24) is 0 Å². The normalized spacial score (nSPS) is 14.7. The van der Waals surface area contributed by atoms with Crippen molar-refractivity contribution < 1.29 is 30.4 Å². The summed E-state index contributed by atoms with van der Waals surface area (Å²) >= 11 is 0. The van der Waals surface area contributed by atoms with E-state index in [-0.39, 0.29) is 6.07 Å². The summed E-state index contributed by atoms with van der Waals surface area (Å²) in [4.78, 5) is 0. The third kappa shape index (κ3) is 3.29. The van der Waals surface area contributed by atoms with Crippen LogP contribution in [0.2, 0.25) is 0 Å². The van der Waals surface area contributed by atoms with Gasteiger partial charge in [-0.1, -0.05) is 0 Å². The van der Waals surface area contributed by atoms with Crippen LogP contribution in [0.25, 0.3) is 0 Å². The van der Waals surface area contributed by atoms with E-state index in [1.165, 1.54) is 0 Å². The van der Waals surface area contributed by atoms with Gasteiger partial charge in [-0.15, -0.1) is 0 Å². The van der Waals surface area contributed by atoms with Crippen LogP contribution in [0.4, 0.5) is 22.0 Å². The first-order valence-corrected chi connectivity index (χ1v) is 6.36. The zero-order chi connectivity index (χ0) is 13.4. The van der Waals surface area contributed by atoms with E-state index in [9.17, 15) is 30.4 Å². The molecule has 1 unspecified atom stereocenters. The van der Waals surface area contributed by atoms with Gasteiger partial charge in [0, 0.05) is 16.2 Å². The lowest BCUT2D eigenvalue weighted by Crippen LogP contribution is -2.26. The van der Waals surface area contributed by atoms with Crippen LogP contribution in [0.3, 0.4) is 0 Å². The number of benzene rings is 1. The predicted molar refractivity (Wildman–Crippen MR) is 49.9 cm³/mol. The molecular weight excluding hydrogens is 291 g/mol. The minimum absolute atomic E-state index is 0.146. The summed E-state index contributed by atoms with van der Waals surface area (Å²) in [6.45, 7) is 0. The van der Waals surface area contributed by atoms with Crippen LogP contribution in [0, 0.1) is 11.6 Å². The molecule has 0 fully saturated rings. The van der Waals surface area contributed by atoms with Crippen molar-refractivity contribution in [1.29, 1.82) is 0 Å². The molecule has 9 heteroatoms. The Balaban J connectivity index is 3.49. The van der Waals surface area contributed by atoms with E-state index in [2.05, 4.69) is 10.7 Å². The number of rotatable bonds is 2. The molecule has 0 aromatic heterocycles. The standard InChI is InChI=1S/C8H4ClF5O2S/c9-17(15,16)7(8(12,13)14)5-3-4(10)1-2-6(5)11/h1-3,7H. The monoisotopic (exact) mass is 294 g/mol. The molecular formula is C8H4ClF5O2S. The fourth-order valence-corrected chi connectivity index (χ4v) is 2.60. The van der Waals surface area contributed by atoms with Gasteiger partial charge < -0.3 is 0 Å². The van der Waals surface area contributed by atoms with Gasteiger partial charge in [0.2, 0.25) is 9.05 Å². The van der Waals surface area contributed by atoms with Gasteiger partial charge in [0.15, 0.2) is 5.25 Å². The Labute approximate surface area is 97.4 Å². The highest BCUT2D eigenvalue weighted by Crippen LogP contribution is 2.41. The van der Waals surface area contributed by atoms with Crippen LogP contribution in [-0.2, 0) is 9.05 Å². The van der Waals surface area contributed by atoms with Crippen molar-refractivity contribution in [2.75, 3.05) is 0 Å². The molecule has 0 aliphatic rings. The Hall–Kier alpha value is -0.890. The van der Waals surface area contributed by atoms with E-state index in [0.717, 1.165) is 0 Å². The minimum atomic E-state index is -5.34. The fraction of sp³-hybridized carbons (Fsp3) is 0.250. The molecule has 17 heavy (non-hydrogen) atoms. The van der Waals surface area contributed by atoms with E-state index in [0.29, 0.717) is 12.1 Å². The van der Waals surface area contributed by atoms with Crippen molar-refractivity contribution in [3.8, 4) is 0 Å². The van der Waals surface area contributed by atoms with E-state index >= 15 is 0 Å². The summed E-state index contributed by atoms with van der Waals surface area (Å²) in [5, 5.41) is -3.30. The van der Waals surface area contributed by atoms with Gasteiger partial charge in [-0.2, -0.15) is 13.2 Å². The first-order valence-electron chi connectivity index (χ1n) is 3.98. The minimum Gasteiger partial charge on any atom is -0.211 e. The largest absolute Gasteiger partial charge is 0.410 e. The van der Waals surface area contributed by atoms with Gasteiger partial charge in [-0.05, 0) is 18.2 Å². The van der Waals surface area contributed by atoms with Gasteiger partial charge >= 0.3 is 6.18 Å². The molecule has 0 radical (unpaired) electrons. The summed E-state index contributed by atoms with van der Waals surface area (Å²) in [7, 11) is -0.569. The first kappa shape index (κ1) is 14.2. The van der Waals surface area contributed by atoms with E-state index in [1.807, 2.05) is 0 Å². The van der Waals surface area contributed by atoms with Crippen LogP contribution in [-0.4, -0.2) is 14.6 Å². The average Bonchev–Trinajstić information content (AvgIpc) is 2.06. The lowest BCUT2D eigenvalue weighted by atomic mass is 10.1. The molecule has 0 aliphatic heterocycles. The third-order valence-electron chi connectivity index (χ3n) is 1.82. The van der Waals surface area contributed by atoms with Gasteiger partial charge in [-0.3, -0.25) is 0 Å². The maximum Gasteiger partial charge on any atom is 0.410 e.